The molecule has 0 saturated heterocycles. The van der Waals surface area contributed by atoms with Crippen LogP contribution in [-0.2, 0) is 0 Å². The molecule has 0 aliphatic heterocycles. The third-order valence-electron chi connectivity index (χ3n) is 3.27. The second kappa shape index (κ2) is 3.54. The number of rotatable bonds is 0. The van der Waals surface area contributed by atoms with Crippen LogP contribution < -0.4 is 0 Å². The quantitative estimate of drug-likeness (QED) is 0.603. The lowest BCUT2D eigenvalue weighted by Gasteiger charge is -1.99. The summed E-state index contributed by atoms with van der Waals surface area (Å²) in [5, 5.41) is 19.6. The summed E-state index contributed by atoms with van der Waals surface area (Å²) in [5.41, 5.74) is 4.49. The number of hydrogen-bond donors (Lipinski definition) is 0. The number of aryl methyl sites for hydroxylation is 3. The summed E-state index contributed by atoms with van der Waals surface area (Å²) < 4.78 is 1.92. The molecule has 0 aromatic carbocycles. The lowest BCUT2D eigenvalue weighted by atomic mass is 10.1. The highest BCUT2D eigenvalue weighted by Crippen LogP contribution is 2.30. The molecular formula is C14H12N4. The van der Waals surface area contributed by atoms with Crippen LogP contribution in [0.15, 0.2) is 18.3 Å². The molecule has 0 aliphatic rings. The molecule has 0 fully saturated rings. The molecule has 0 saturated carbocycles. The molecule has 0 N–H and O–H groups in total. The second-order valence-corrected chi connectivity index (χ2v) is 4.54. The van der Waals surface area contributed by atoms with Gasteiger partial charge in [0.05, 0.1) is 16.9 Å². The van der Waals surface area contributed by atoms with Crippen molar-refractivity contribution in [2.75, 3.05) is 0 Å². The molecule has 3 heterocycles. The summed E-state index contributed by atoms with van der Waals surface area (Å²) in [6.07, 6.45) is 1.93. The van der Waals surface area contributed by atoms with Crippen molar-refractivity contribution in [1.29, 1.82) is 5.26 Å². The van der Waals surface area contributed by atoms with Gasteiger partial charge in [0.1, 0.15) is 11.8 Å². The van der Waals surface area contributed by atoms with Gasteiger partial charge in [-0.25, -0.2) is 0 Å². The van der Waals surface area contributed by atoms with Gasteiger partial charge in [-0.15, -0.1) is 0 Å². The maximum Gasteiger partial charge on any atom is 0.134 e. The Kier molecular flexibility index (Phi) is 2.11. The average Bonchev–Trinajstić information content (AvgIpc) is 2.68. The van der Waals surface area contributed by atoms with E-state index in [9.17, 15) is 5.26 Å². The number of nitrogens with zero attached hydrogens (tertiary/aromatic N) is 4. The van der Waals surface area contributed by atoms with Crippen molar-refractivity contribution in [1.82, 2.24) is 14.6 Å². The Labute approximate surface area is 104 Å². The highest BCUT2D eigenvalue weighted by molar-refractivity contribution is 6.03. The summed E-state index contributed by atoms with van der Waals surface area (Å²) in [7, 11) is 0. The van der Waals surface area contributed by atoms with E-state index in [0.717, 1.165) is 27.7 Å². The van der Waals surface area contributed by atoms with Crippen LogP contribution in [0, 0.1) is 32.1 Å². The smallest absolute Gasteiger partial charge is 0.134 e. The van der Waals surface area contributed by atoms with Gasteiger partial charge in [-0.05, 0) is 38.5 Å². The van der Waals surface area contributed by atoms with Gasteiger partial charge in [0.2, 0.25) is 0 Å². The largest absolute Gasteiger partial charge is 0.307 e. The molecule has 0 unspecified atom stereocenters. The fourth-order valence-electron chi connectivity index (χ4n) is 2.44. The molecule has 3 rings (SSSR count). The number of pyridine rings is 1. The lowest BCUT2D eigenvalue weighted by molar-refractivity contribution is 0.966. The van der Waals surface area contributed by atoms with Crippen molar-refractivity contribution in [3.8, 4) is 6.07 Å². The van der Waals surface area contributed by atoms with Crippen molar-refractivity contribution >= 4 is 16.3 Å². The predicted molar refractivity (Wildman–Crippen MR) is 69.4 cm³/mol. The second-order valence-electron chi connectivity index (χ2n) is 4.54. The fraction of sp³-hybridized carbons (Fsp3) is 0.214. The minimum absolute atomic E-state index is 0.635. The fourth-order valence-corrected chi connectivity index (χ4v) is 2.44. The average molecular weight is 236 g/mol. The van der Waals surface area contributed by atoms with Crippen LogP contribution in [0.1, 0.15) is 22.6 Å². The van der Waals surface area contributed by atoms with Crippen LogP contribution in [0.5, 0.6) is 0 Å². The molecule has 0 atom stereocenters. The molecule has 0 radical (unpaired) electrons. The SMILES string of the molecule is Cc1ccn2c(C#N)c3c(C)nnc(C)c3c2c1. The van der Waals surface area contributed by atoms with Crippen LogP contribution >= 0.6 is 0 Å². The Morgan fingerprint density at radius 1 is 1.11 bits per heavy atom. The zero-order chi connectivity index (χ0) is 12.9. The first-order valence-corrected chi connectivity index (χ1v) is 5.78. The monoisotopic (exact) mass is 236 g/mol. The third-order valence-corrected chi connectivity index (χ3v) is 3.27. The van der Waals surface area contributed by atoms with E-state index in [1.807, 2.05) is 37.4 Å². The van der Waals surface area contributed by atoms with Gasteiger partial charge in [0, 0.05) is 17.0 Å². The standard InChI is InChI=1S/C14H12N4/c1-8-4-5-18-11(6-8)13-9(2)16-17-10(3)14(13)12(18)7-15/h4-6H,1-3H3. The van der Waals surface area contributed by atoms with E-state index >= 15 is 0 Å². The lowest BCUT2D eigenvalue weighted by Crippen LogP contribution is -1.91. The number of fused-ring (bicyclic) bond motifs is 3. The Morgan fingerprint density at radius 3 is 2.44 bits per heavy atom. The van der Waals surface area contributed by atoms with Crippen LogP contribution in [0.4, 0.5) is 0 Å². The van der Waals surface area contributed by atoms with E-state index < -0.39 is 0 Å². The molecule has 88 valence electrons. The van der Waals surface area contributed by atoms with Gasteiger partial charge in [-0.1, -0.05) is 0 Å². The van der Waals surface area contributed by atoms with Crippen molar-refractivity contribution in [3.05, 3.63) is 41.0 Å². The number of aromatic nitrogens is 3. The van der Waals surface area contributed by atoms with E-state index in [2.05, 4.69) is 22.3 Å². The number of hydrogen-bond acceptors (Lipinski definition) is 3. The number of nitriles is 1. The molecule has 0 aliphatic carbocycles. The van der Waals surface area contributed by atoms with Gasteiger partial charge >= 0.3 is 0 Å². The van der Waals surface area contributed by atoms with E-state index in [0.29, 0.717) is 5.69 Å². The van der Waals surface area contributed by atoms with Crippen LogP contribution in [0.3, 0.4) is 0 Å². The third kappa shape index (κ3) is 1.25. The molecule has 0 bridgehead atoms. The van der Waals surface area contributed by atoms with Crippen molar-refractivity contribution in [2.45, 2.75) is 20.8 Å². The minimum Gasteiger partial charge on any atom is -0.307 e. The van der Waals surface area contributed by atoms with Crippen LogP contribution in [0.25, 0.3) is 16.3 Å². The van der Waals surface area contributed by atoms with E-state index in [4.69, 9.17) is 0 Å². The zero-order valence-electron chi connectivity index (χ0n) is 10.5. The first-order valence-electron chi connectivity index (χ1n) is 5.78. The summed E-state index contributed by atoms with van der Waals surface area (Å²) in [4.78, 5) is 0. The first kappa shape index (κ1) is 10.7. The minimum atomic E-state index is 0.635. The van der Waals surface area contributed by atoms with Gasteiger partial charge in [0.15, 0.2) is 0 Å². The summed E-state index contributed by atoms with van der Waals surface area (Å²) in [5.74, 6) is 0. The molecule has 3 aromatic rings. The van der Waals surface area contributed by atoms with Crippen molar-refractivity contribution in [2.24, 2.45) is 0 Å². The Hall–Kier alpha value is -2.41. The summed E-state index contributed by atoms with van der Waals surface area (Å²) >= 11 is 0. The van der Waals surface area contributed by atoms with Crippen LogP contribution in [-0.4, -0.2) is 14.6 Å². The van der Waals surface area contributed by atoms with Crippen molar-refractivity contribution in [3.63, 3.8) is 0 Å². The Balaban J connectivity index is 2.72. The molecule has 0 spiro atoms. The van der Waals surface area contributed by atoms with E-state index in [1.54, 1.807) is 0 Å². The van der Waals surface area contributed by atoms with E-state index in [-0.39, 0.29) is 0 Å². The molecular weight excluding hydrogens is 224 g/mol. The van der Waals surface area contributed by atoms with Gasteiger partial charge < -0.3 is 4.40 Å². The Bertz CT molecular complexity index is 821. The topological polar surface area (TPSA) is 54.0 Å². The predicted octanol–water partition coefficient (Wildman–Crippen LogP) is 2.68. The summed E-state index contributed by atoms with van der Waals surface area (Å²) in [6.45, 7) is 5.86. The van der Waals surface area contributed by atoms with Crippen molar-refractivity contribution < 1.29 is 0 Å². The maximum absolute atomic E-state index is 9.39. The Morgan fingerprint density at radius 2 is 1.78 bits per heavy atom. The molecule has 4 heteroatoms. The molecule has 18 heavy (non-hydrogen) atoms. The molecule has 4 nitrogen and oxygen atoms in total. The zero-order valence-corrected chi connectivity index (χ0v) is 10.5. The normalized spacial score (nSPS) is 11.0. The van der Waals surface area contributed by atoms with Gasteiger partial charge in [-0.2, -0.15) is 15.5 Å². The first-order chi connectivity index (χ1) is 8.63. The highest BCUT2D eigenvalue weighted by atomic mass is 15.1. The van der Waals surface area contributed by atoms with Gasteiger partial charge in [0.25, 0.3) is 0 Å². The maximum atomic E-state index is 9.39. The molecule has 0 amide bonds. The highest BCUT2D eigenvalue weighted by Gasteiger charge is 2.16. The molecule has 3 aromatic heterocycles. The van der Waals surface area contributed by atoms with Crippen LogP contribution in [0.2, 0.25) is 0 Å². The summed E-state index contributed by atoms with van der Waals surface area (Å²) in [6, 6.07) is 6.35. The van der Waals surface area contributed by atoms with Gasteiger partial charge in [-0.3, -0.25) is 0 Å². The van der Waals surface area contributed by atoms with E-state index in [1.165, 1.54) is 5.56 Å².